The van der Waals surface area contributed by atoms with Crippen LogP contribution in [0, 0.1) is 0 Å². The molecule has 0 unspecified atom stereocenters. The van der Waals surface area contributed by atoms with E-state index in [1.54, 1.807) is 0 Å². The minimum atomic E-state index is 1.03. The van der Waals surface area contributed by atoms with E-state index in [-0.39, 0.29) is 0 Å². The molecule has 0 aromatic heterocycles. The van der Waals surface area contributed by atoms with Crippen molar-refractivity contribution in [3.05, 3.63) is 22.9 Å². The van der Waals surface area contributed by atoms with Gasteiger partial charge in [-0.3, -0.25) is 4.90 Å². The van der Waals surface area contributed by atoms with Crippen molar-refractivity contribution < 1.29 is 0 Å². The Balaban J connectivity index is 1.92. The van der Waals surface area contributed by atoms with Crippen LogP contribution in [-0.2, 0) is 0 Å². The molecule has 2 rings (SSSR count). The Hall–Kier alpha value is -0.760. The second kappa shape index (κ2) is 4.84. The Labute approximate surface area is 93.0 Å². The van der Waals surface area contributed by atoms with E-state index in [1.807, 2.05) is 0 Å². The SMILES string of the molecule is CC1=C(C)CNC(CN2CCCCC2)=C1. The number of nitrogens with zero attached hydrogens (tertiary/aromatic N) is 1. The van der Waals surface area contributed by atoms with Gasteiger partial charge in [0.05, 0.1) is 0 Å². The standard InChI is InChI=1S/C13H22N2/c1-11-8-13(14-9-12(11)2)10-15-6-4-3-5-7-15/h8,14H,3-7,9-10H2,1-2H3. The van der Waals surface area contributed by atoms with Gasteiger partial charge in [0, 0.05) is 18.8 Å². The fourth-order valence-electron chi connectivity index (χ4n) is 2.28. The first-order valence-electron chi connectivity index (χ1n) is 6.09. The van der Waals surface area contributed by atoms with E-state index in [9.17, 15) is 0 Å². The van der Waals surface area contributed by atoms with Crippen molar-refractivity contribution in [1.82, 2.24) is 10.2 Å². The van der Waals surface area contributed by atoms with Gasteiger partial charge in [0.15, 0.2) is 0 Å². The van der Waals surface area contributed by atoms with Crippen molar-refractivity contribution in [3.8, 4) is 0 Å². The van der Waals surface area contributed by atoms with Crippen LogP contribution in [-0.4, -0.2) is 31.1 Å². The number of rotatable bonds is 2. The summed E-state index contributed by atoms with van der Waals surface area (Å²) >= 11 is 0. The minimum Gasteiger partial charge on any atom is -0.384 e. The predicted molar refractivity (Wildman–Crippen MR) is 64.8 cm³/mol. The number of allylic oxidation sites excluding steroid dienone is 2. The largest absolute Gasteiger partial charge is 0.384 e. The zero-order valence-electron chi connectivity index (χ0n) is 9.97. The second-order valence-corrected chi connectivity index (χ2v) is 4.82. The fraction of sp³-hybridized carbons (Fsp3) is 0.692. The van der Waals surface area contributed by atoms with Gasteiger partial charge in [-0.2, -0.15) is 0 Å². The van der Waals surface area contributed by atoms with Gasteiger partial charge in [0.25, 0.3) is 0 Å². The topological polar surface area (TPSA) is 15.3 Å². The van der Waals surface area contributed by atoms with E-state index in [4.69, 9.17) is 0 Å². The third-order valence-corrected chi connectivity index (χ3v) is 3.49. The summed E-state index contributed by atoms with van der Waals surface area (Å²) in [6, 6.07) is 0. The van der Waals surface area contributed by atoms with E-state index in [0.29, 0.717) is 0 Å². The van der Waals surface area contributed by atoms with E-state index < -0.39 is 0 Å². The monoisotopic (exact) mass is 206 g/mol. The lowest BCUT2D eigenvalue weighted by molar-refractivity contribution is 0.243. The van der Waals surface area contributed by atoms with Crippen molar-refractivity contribution in [3.63, 3.8) is 0 Å². The summed E-state index contributed by atoms with van der Waals surface area (Å²) in [7, 11) is 0. The van der Waals surface area contributed by atoms with Crippen LogP contribution >= 0.6 is 0 Å². The Bertz CT molecular complexity index is 283. The first kappa shape index (κ1) is 10.7. The van der Waals surface area contributed by atoms with Crippen LogP contribution in [0.15, 0.2) is 22.9 Å². The lowest BCUT2D eigenvalue weighted by atomic mass is 10.1. The maximum atomic E-state index is 3.51. The third kappa shape index (κ3) is 2.85. The van der Waals surface area contributed by atoms with Crippen LogP contribution in [0.2, 0.25) is 0 Å². The summed E-state index contributed by atoms with van der Waals surface area (Å²) in [5.74, 6) is 0. The van der Waals surface area contributed by atoms with Crippen molar-refractivity contribution in [1.29, 1.82) is 0 Å². The maximum absolute atomic E-state index is 3.51. The summed E-state index contributed by atoms with van der Waals surface area (Å²) in [5.41, 5.74) is 4.32. The number of likely N-dealkylation sites (tertiary alicyclic amines) is 1. The molecule has 0 amide bonds. The molecule has 2 nitrogen and oxygen atoms in total. The summed E-state index contributed by atoms with van der Waals surface area (Å²) < 4.78 is 0. The first-order chi connectivity index (χ1) is 7.25. The molecule has 1 N–H and O–H groups in total. The second-order valence-electron chi connectivity index (χ2n) is 4.82. The molecule has 1 saturated heterocycles. The van der Waals surface area contributed by atoms with Gasteiger partial charge in [-0.25, -0.2) is 0 Å². The Morgan fingerprint density at radius 1 is 1.20 bits per heavy atom. The molecule has 0 aliphatic carbocycles. The van der Waals surface area contributed by atoms with Crippen LogP contribution in [0.3, 0.4) is 0 Å². The number of nitrogens with one attached hydrogen (secondary N) is 1. The molecule has 0 saturated carbocycles. The molecule has 2 aliphatic rings. The predicted octanol–water partition coefficient (Wildman–Crippen LogP) is 2.30. The normalized spacial score (nSPS) is 23.7. The highest BCUT2D eigenvalue weighted by atomic mass is 15.1. The highest BCUT2D eigenvalue weighted by molar-refractivity contribution is 5.31. The fourth-order valence-corrected chi connectivity index (χ4v) is 2.28. The Morgan fingerprint density at radius 3 is 2.60 bits per heavy atom. The lowest BCUT2D eigenvalue weighted by Crippen LogP contribution is -2.35. The average Bonchev–Trinajstić information content (AvgIpc) is 2.25. The summed E-state index contributed by atoms with van der Waals surface area (Å²) in [6.07, 6.45) is 6.48. The Morgan fingerprint density at radius 2 is 1.93 bits per heavy atom. The highest BCUT2D eigenvalue weighted by Crippen LogP contribution is 2.15. The molecule has 0 bridgehead atoms. The van der Waals surface area contributed by atoms with Gasteiger partial charge < -0.3 is 5.32 Å². The van der Waals surface area contributed by atoms with Crippen molar-refractivity contribution in [2.24, 2.45) is 0 Å². The lowest BCUT2D eigenvalue weighted by Gasteiger charge is -2.29. The van der Waals surface area contributed by atoms with Crippen LogP contribution < -0.4 is 5.32 Å². The van der Waals surface area contributed by atoms with Gasteiger partial charge in [0.1, 0.15) is 0 Å². The van der Waals surface area contributed by atoms with Gasteiger partial charge in [-0.15, -0.1) is 0 Å². The number of piperidine rings is 1. The first-order valence-corrected chi connectivity index (χ1v) is 6.09. The third-order valence-electron chi connectivity index (χ3n) is 3.49. The van der Waals surface area contributed by atoms with Gasteiger partial charge in [0.2, 0.25) is 0 Å². The van der Waals surface area contributed by atoms with Crippen molar-refractivity contribution in [2.75, 3.05) is 26.2 Å². The molecular formula is C13H22N2. The average molecular weight is 206 g/mol. The van der Waals surface area contributed by atoms with Crippen LogP contribution in [0.1, 0.15) is 33.1 Å². The molecule has 2 aliphatic heterocycles. The van der Waals surface area contributed by atoms with Gasteiger partial charge >= 0.3 is 0 Å². The molecule has 0 aromatic carbocycles. The zero-order chi connectivity index (χ0) is 10.7. The molecule has 0 aromatic rings. The quantitative estimate of drug-likeness (QED) is 0.746. The van der Waals surface area contributed by atoms with E-state index in [0.717, 1.165) is 13.1 Å². The molecular weight excluding hydrogens is 184 g/mol. The van der Waals surface area contributed by atoms with Crippen molar-refractivity contribution in [2.45, 2.75) is 33.1 Å². The number of hydrogen-bond donors (Lipinski definition) is 1. The summed E-state index contributed by atoms with van der Waals surface area (Å²) in [6.45, 7) is 9.13. The molecule has 84 valence electrons. The van der Waals surface area contributed by atoms with E-state index in [1.165, 1.54) is 49.2 Å². The molecule has 2 heteroatoms. The van der Waals surface area contributed by atoms with Gasteiger partial charge in [-0.1, -0.05) is 12.0 Å². The zero-order valence-corrected chi connectivity index (χ0v) is 9.97. The molecule has 0 spiro atoms. The minimum absolute atomic E-state index is 1.03. The summed E-state index contributed by atoms with van der Waals surface area (Å²) in [4.78, 5) is 2.57. The maximum Gasteiger partial charge on any atom is 0.0381 e. The van der Waals surface area contributed by atoms with E-state index >= 15 is 0 Å². The highest BCUT2D eigenvalue weighted by Gasteiger charge is 2.13. The van der Waals surface area contributed by atoms with E-state index in [2.05, 4.69) is 30.1 Å². The molecule has 0 radical (unpaired) electrons. The molecule has 2 heterocycles. The van der Waals surface area contributed by atoms with Gasteiger partial charge in [-0.05, 0) is 51.4 Å². The summed E-state index contributed by atoms with van der Waals surface area (Å²) in [5, 5.41) is 3.51. The number of dihydropyridines is 1. The van der Waals surface area contributed by atoms with Crippen LogP contribution in [0.5, 0.6) is 0 Å². The smallest absolute Gasteiger partial charge is 0.0381 e. The molecule has 15 heavy (non-hydrogen) atoms. The molecule has 1 fully saturated rings. The Kier molecular flexibility index (Phi) is 3.47. The number of hydrogen-bond acceptors (Lipinski definition) is 2. The van der Waals surface area contributed by atoms with Crippen LogP contribution in [0.4, 0.5) is 0 Å². The molecule has 0 atom stereocenters. The van der Waals surface area contributed by atoms with Crippen LogP contribution in [0.25, 0.3) is 0 Å². The van der Waals surface area contributed by atoms with Crippen molar-refractivity contribution >= 4 is 0 Å².